The van der Waals surface area contributed by atoms with E-state index in [0.717, 1.165) is 6.42 Å². The summed E-state index contributed by atoms with van der Waals surface area (Å²) in [5.74, 6) is 0.595. The van der Waals surface area contributed by atoms with Crippen LogP contribution in [0.4, 0.5) is 0 Å². The Bertz CT molecular complexity index is 797. The lowest BCUT2D eigenvalue weighted by Gasteiger charge is -2.06. The summed E-state index contributed by atoms with van der Waals surface area (Å²) in [6.07, 6.45) is 17.3. The molecule has 0 aliphatic heterocycles. The average Bonchev–Trinajstić information content (AvgIpc) is 3.11. The van der Waals surface area contributed by atoms with Gasteiger partial charge in [-0.25, -0.2) is 14.6 Å². The number of carbonyl (C=O) groups excluding carboxylic acids is 1. The fourth-order valence-electron chi connectivity index (χ4n) is 3.67. The van der Waals surface area contributed by atoms with Crippen LogP contribution in [0.15, 0.2) is 11.4 Å². The van der Waals surface area contributed by atoms with Gasteiger partial charge in [-0.15, -0.1) is 0 Å². The Morgan fingerprint density at radius 2 is 1.53 bits per heavy atom. The van der Waals surface area contributed by atoms with E-state index in [1.807, 2.05) is 7.05 Å². The van der Waals surface area contributed by atoms with Gasteiger partial charge in [0, 0.05) is 7.05 Å². The molecule has 2 aromatic heterocycles. The molecule has 0 bridgehead atoms. The van der Waals surface area contributed by atoms with Gasteiger partial charge >= 0.3 is 5.97 Å². The van der Waals surface area contributed by atoms with Crippen LogP contribution < -0.4 is 4.74 Å². The lowest BCUT2D eigenvalue weighted by molar-refractivity contribution is -0.139. The highest BCUT2D eigenvalue weighted by Crippen LogP contribution is 2.29. The zero-order valence-corrected chi connectivity index (χ0v) is 20.9. The summed E-state index contributed by atoms with van der Waals surface area (Å²) in [5.41, 5.74) is 1.35. The van der Waals surface area contributed by atoms with Crippen LogP contribution in [0, 0.1) is 0 Å². The van der Waals surface area contributed by atoms with Crippen LogP contribution in [-0.4, -0.2) is 44.7 Å². The molecule has 2 aromatic rings. The maximum Gasteiger partial charge on any atom is 0.316 e. The van der Waals surface area contributed by atoms with Gasteiger partial charge in [0.25, 0.3) is 0 Å². The van der Waals surface area contributed by atoms with Gasteiger partial charge in [-0.3, -0.25) is 4.79 Å². The van der Waals surface area contributed by atoms with Crippen molar-refractivity contribution in [2.75, 3.05) is 19.0 Å². The molecule has 0 atom stereocenters. The van der Waals surface area contributed by atoms with E-state index in [2.05, 4.69) is 22.0 Å². The van der Waals surface area contributed by atoms with E-state index >= 15 is 0 Å². The van der Waals surface area contributed by atoms with E-state index in [-0.39, 0.29) is 11.7 Å². The molecule has 0 radical (unpaired) electrons. The number of hydrogen-bond donors (Lipinski definition) is 0. The van der Waals surface area contributed by atoms with Gasteiger partial charge in [0.2, 0.25) is 5.88 Å². The number of aryl methyl sites for hydroxylation is 1. The summed E-state index contributed by atoms with van der Waals surface area (Å²) in [6.45, 7) is 5.09. The van der Waals surface area contributed by atoms with Crippen molar-refractivity contribution >= 4 is 28.8 Å². The van der Waals surface area contributed by atoms with Crippen molar-refractivity contribution in [1.82, 2.24) is 19.7 Å². The number of unbranched alkanes of at least 4 members (excludes halogenated alkanes) is 11. The lowest BCUT2D eigenvalue weighted by atomic mass is 10.1. The van der Waals surface area contributed by atoms with Crippen LogP contribution >= 0.6 is 11.8 Å². The van der Waals surface area contributed by atoms with Crippen molar-refractivity contribution in [1.29, 1.82) is 0 Å². The monoisotopic (exact) mass is 464 g/mol. The van der Waals surface area contributed by atoms with Crippen LogP contribution in [-0.2, 0) is 16.6 Å². The number of rotatable bonds is 18. The smallest absolute Gasteiger partial charge is 0.316 e. The molecule has 0 aliphatic rings. The van der Waals surface area contributed by atoms with Crippen molar-refractivity contribution in [3.05, 3.63) is 6.33 Å². The van der Waals surface area contributed by atoms with E-state index in [0.29, 0.717) is 35.2 Å². The molecule has 8 heteroatoms. The second kappa shape index (κ2) is 15.9. The van der Waals surface area contributed by atoms with Crippen LogP contribution in [0.5, 0.6) is 5.88 Å². The van der Waals surface area contributed by atoms with Gasteiger partial charge in [-0.05, 0) is 13.3 Å². The SMILES string of the molecule is CCCCCCCCCCCCCCOc1c2ncnc(SCC(=O)OCC)c2nn1C. The summed E-state index contributed by atoms with van der Waals surface area (Å²) in [4.78, 5) is 20.3. The van der Waals surface area contributed by atoms with Gasteiger partial charge in [-0.2, -0.15) is 5.10 Å². The fourth-order valence-corrected chi connectivity index (χ4v) is 4.40. The average molecular weight is 465 g/mol. The summed E-state index contributed by atoms with van der Waals surface area (Å²) in [7, 11) is 1.85. The van der Waals surface area contributed by atoms with Gasteiger partial charge in [0.1, 0.15) is 16.9 Å². The molecular formula is C24H40N4O3S. The Kier molecular flexibility index (Phi) is 13.1. The molecule has 0 N–H and O–H groups in total. The van der Waals surface area contributed by atoms with Crippen molar-refractivity contribution in [2.45, 2.75) is 95.9 Å². The summed E-state index contributed by atoms with van der Waals surface area (Å²) in [5, 5.41) is 5.18. The molecule has 0 unspecified atom stereocenters. The number of ether oxygens (including phenoxy) is 2. The van der Waals surface area contributed by atoms with E-state index in [1.54, 1.807) is 11.6 Å². The molecule has 0 aliphatic carbocycles. The van der Waals surface area contributed by atoms with Gasteiger partial charge < -0.3 is 9.47 Å². The Balaban J connectivity index is 1.65. The zero-order chi connectivity index (χ0) is 23.0. The van der Waals surface area contributed by atoms with E-state index in [1.165, 1.54) is 88.7 Å². The molecule has 0 spiro atoms. The number of thioether (sulfide) groups is 1. The van der Waals surface area contributed by atoms with Gasteiger partial charge in [0.05, 0.1) is 19.0 Å². The van der Waals surface area contributed by atoms with Crippen molar-refractivity contribution in [3.63, 3.8) is 0 Å². The Morgan fingerprint density at radius 1 is 0.906 bits per heavy atom. The van der Waals surface area contributed by atoms with E-state index in [9.17, 15) is 4.79 Å². The van der Waals surface area contributed by atoms with Crippen LogP contribution in [0.3, 0.4) is 0 Å². The first-order chi connectivity index (χ1) is 15.7. The molecule has 0 saturated heterocycles. The molecule has 2 heterocycles. The number of esters is 1. The predicted octanol–water partition coefficient (Wildman–Crippen LogP) is 6.10. The third kappa shape index (κ3) is 9.35. The van der Waals surface area contributed by atoms with Crippen molar-refractivity contribution in [3.8, 4) is 5.88 Å². The minimum atomic E-state index is -0.261. The topological polar surface area (TPSA) is 79.1 Å². The summed E-state index contributed by atoms with van der Waals surface area (Å²) in [6, 6.07) is 0. The molecule has 32 heavy (non-hydrogen) atoms. The summed E-state index contributed by atoms with van der Waals surface area (Å²) >= 11 is 1.31. The van der Waals surface area contributed by atoms with E-state index in [4.69, 9.17) is 9.47 Å². The highest BCUT2D eigenvalue weighted by atomic mass is 32.2. The third-order valence-corrected chi connectivity index (χ3v) is 6.36. The highest BCUT2D eigenvalue weighted by molar-refractivity contribution is 8.00. The van der Waals surface area contributed by atoms with Crippen LogP contribution in [0.1, 0.15) is 90.9 Å². The van der Waals surface area contributed by atoms with Gasteiger partial charge in [-0.1, -0.05) is 89.3 Å². The maximum atomic E-state index is 11.6. The molecule has 0 fully saturated rings. The first kappa shape index (κ1) is 26.4. The third-order valence-electron chi connectivity index (χ3n) is 5.40. The largest absolute Gasteiger partial charge is 0.476 e. The highest BCUT2D eigenvalue weighted by Gasteiger charge is 2.17. The Hall–Kier alpha value is -1.83. The molecule has 7 nitrogen and oxygen atoms in total. The first-order valence-corrected chi connectivity index (χ1v) is 13.2. The lowest BCUT2D eigenvalue weighted by Crippen LogP contribution is -2.06. The quantitative estimate of drug-likeness (QED) is 0.114. The normalized spacial score (nSPS) is 11.2. The molecule has 180 valence electrons. The van der Waals surface area contributed by atoms with Crippen LogP contribution in [0.25, 0.3) is 11.0 Å². The van der Waals surface area contributed by atoms with Crippen molar-refractivity contribution in [2.24, 2.45) is 7.05 Å². The molecule has 0 saturated carbocycles. The number of hydrogen-bond acceptors (Lipinski definition) is 7. The minimum absolute atomic E-state index is 0.200. The number of aromatic nitrogens is 4. The second-order valence-corrected chi connectivity index (χ2v) is 9.10. The van der Waals surface area contributed by atoms with E-state index < -0.39 is 0 Å². The second-order valence-electron chi connectivity index (χ2n) is 8.14. The Morgan fingerprint density at radius 3 is 2.16 bits per heavy atom. The predicted molar refractivity (Wildman–Crippen MR) is 130 cm³/mol. The first-order valence-electron chi connectivity index (χ1n) is 12.3. The summed E-state index contributed by atoms with van der Waals surface area (Å²) < 4.78 is 12.7. The number of carbonyl (C=O) groups is 1. The fraction of sp³-hybridized carbons (Fsp3) is 0.750. The Labute approximate surface area is 197 Å². The molecular weight excluding hydrogens is 424 g/mol. The molecule has 2 rings (SSSR count). The van der Waals surface area contributed by atoms with Gasteiger partial charge in [0.15, 0.2) is 5.52 Å². The number of nitrogens with zero attached hydrogens (tertiary/aromatic N) is 4. The van der Waals surface area contributed by atoms with Crippen LogP contribution in [0.2, 0.25) is 0 Å². The standard InChI is InChI=1S/C24H40N4O3S/c1-4-6-7-8-9-10-11-12-13-14-15-16-17-31-24-22-21(27-28(24)3)23(26-19-25-22)32-18-20(29)30-5-2/h19H,4-18H2,1-3H3. The molecule has 0 aromatic carbocycles. The zero-order valence-electron chi connectivity index (χ0n) is 20.1. The minimum Gasteiger partial charge on any atom is -0.476 e. The van der Waals surface area contributed by atoms with Crippen molar-refractivity contribution < 1.29 is 14.3 Å². The maximum absolute atomic E-state index is 11.6. The number of fused-ring (bicyclic) bond motifs is 1. The molecule has 0 amide bonds.